The number of fused-ring (bicyclic) bond motifs is 1. The van der Waals surface area contributed by atoms with Crippen LogP contribution in [0.25, 0.3) is 10.9 Å². The monoisotopic (exact) mass is 271 g/mol. The van der Waals surface area contributed by atoms with Gasteiger partial charge in [0.2, 0.25) is 0 Å². The highest BCUT2D eigenvalue weighted by Crippen LogP contribution is 2.22. The van der Waals surface area contributed by atoms with Gasteiger partial charge in [-0.2, -0.15) is 0 Å². The summed E-state index contributed by atoms with van der Waals surface area (Å²) < 4.78 is 2.47. The third-order valence-electron chi connectivity index (χ3n) is 4.44. The normalized spacial score (nSPS) is 17.9. The predicted molar refractivity (Wildman–Crippen MR) is 85.1 cm³/mol. The summed E-state index contributed by atoms with van der Waals surface area (Å²) in [6, 6.07) is 9.16. The Morgan fingerprint density at radius 2 is 1.80 bits per heavy atom. The number of hydrogen-bond acceptors (Lipinski definition) is 2. The standard InChI is InChI=1S/C17H25N3/c1-4-20-16(13-19-9-7-18(3)8-10-19)12-15-11-14(2)5-6-17(15)20/h5-6,11-12H,4,7-10,13H2,1-3H3. The average Bonchev–Trinajstić information content (AvgIpc) is 2.77. The van der Waals surface area contributed by atoms with E-state index in [1.54, 1.807) is 0 Å². The van der Waals surface area contributed by atoms with Gasteiger partial charge in [-0.25, -0.2) is 0 Å². The summed E-state index contributed by atoms with van der Waals surface area (Å²) in [7, 11) is 2.21. The van der Waals surface area contributed by atoms with Gasteiger partial charge >= 0.3 is 0 Å². The van der Waals surface area contributed by atoms with Gasteiger partial charge in [-0.1, -0.05) is 11.6 Å². The van der Waals surface area contributed by atoms with Crippen LogP contribution >= 0.6 is 0 Å². The van der Waals surface area contributed by atoms with Crippen molar-refractivity contribution >= 4 is 10.9 Å². The summed E-state index contributed by atoms with van der Waals surface area (Å²) in [6.07, 6.45) is 0. The molecule has 0 N–H and O–H groups in total. The maximum Gasteiger partial charge on any atom is 0.0483 e. The SMILES string of the molecule is CCn1c(CN2CCN(C)CC2)cc2cc(C)ccc21. The third-order valence-corrected chi connectivity index (χ3v) is 4.44. The fourth-order valence-electron chi connectivity index (χ4n) is 3.19. The second kappa shape index (κ2) is 5.58. The van der Waals surface area contributed by atoms with Crippen molar-refractivity contribution in [2.75, 3.05) is 33.2 Å². The van der Waals surface area contributed by atoms with Crippen LogP contribution in [0.3, 0.4) is 0 Å². The second-order valence-electron chi connectivity index (χ2n) is 6.02. The maximum absolute atomic E-state index is 2.58. The van der Waals surface area contributed by atoms with Gasteiger partial charge < -0.3 is 9.47 Å². The minimum Gasteiger partial charge on any atom is -0.344 e. The van der Waals surface area contributed by atoms with Crippen LogP contribution in [0.1, 0.15) is 18.2 Å². The van der Waals surface area contributed by atoms with Crippen molar-refractivity contribution in [1.82, 2.24) is 14.4 Å². The van der Waals surface area contributed by atoms with Crippen molar-refractivity contribution in [1.29, 1.82) is 0 Å². The third kappa shape index (κ3) is 2.60. The smallest absolute Gasteiger partial charge is 0.0483 e. The molecule has 0 unspecified atom stereocenters. The number of aryl methyl sites for hydroxylation is 2. The van der Waals surface area contributed by atoms with E-state index in [2.05, 4.69) is 59.5 Å². The lowest BCUT2D eigenvalue weighted by Crippen LogP contribution is -2.44. The minimum absolute atomic E-state index is 1.05. The van der Waals surface area contributed by atoms with Gasteiger partial charge in [-0.3, -0.25) is 4.90 Å². The molecule has 2 aromatic rings. The van der Waals surface area contributed by atoms with Gasteiger partial charge in [-0.05, 0) is 39.1 Å². The van der Waals surface area contributed by atoms with Crippen LogP contribution in [0.4, 0.5) is 0 Å². The Morgan fingerprint density at radius 1 is 1.05 bits per heavy atom. The largest absolute Gasteiger partial charge is 0.344 e. The van der Waals surface area contributed by atoms with Crippen molar-refractivity contribution in [2.45, 2.75) is 26.9 Å². The van der Waals surface area contributed by atoms with E-state index < -0.39 is 0 Å². The lowest BCUT2D eigenvalue weighted by Gasteiger charge is -2.32. The van der Waals surface area contributed by atoms with Gasteiger partial charge in [0.05, 0.1) is 0 Å². The summed E-state index contributed by atoms with van der Waals surface area (Å²) in [5, 5.41) is 1.39. The fourth-order valence-corrected chi connectivity index (χ4v) is 3.19. The molecular weight excluding hydrogens is 246 g/mol. The lowest BCUT2D eigenvalue weighted by molar-refractivity contribution is 0.146. The van der Waals surface area contributed by atoms with Gasteiger partial charge in [0.1, 0.15) is 0 Å². The first-order chi connectivity index (χ1) is 9.67. The number of hydrogen-bond donors (Lipinski definition) is 0. The molecule has 0 radical (unpaired) electrons. The molecule has 1 aliphatic heterocycles. The Bertz CT molecular complexity index is 592. The fraction of sp³-hybridized carbons (Fsp3) is 0.529. The number of nitrogens with zero attached hydrogens (tertiary/aromatic N) is 3. The molecule has 2 heterocycles. The quantitative estimate of drug-likeness (QED) is 0.850. The zero-order chi connectivity index (χ0) is 14.1. The Morgan fingerprint density at radius 3 is 2.50 bits per heavy atom. The molecule has 0 atom stereocenters. The molecule has 1 fully saturated rings. The molecule has 0 spiro atoms. The van der Waals surface area contributed by atoms with E-state index in [-0.39, 0.29) is 0 Å². The van der Waals surface area contributed by atoms with E-state index in [0.29, 0.717) is 0 Å². The maximum atomic E-state index is 2.58. The van der Waals surface area contributed by atoms with Crippen LogP contribution < -0.4 is 0 Å². The molecule has 1 aromatic carbocycles. The van der Waals surface area contributed by atoms with Gasteiger partial charge in [0.25, 0.3) is 0 Å². The Hall–Kier alpha value is -1.32. The minimum atomic E-state index is 1.05. The molecular formula is C17H25N3. The number of aromatic nitrogens is 1. The highest BCUT2D eigenvalue weighted by molar-refractivity contribution is 5.82. The van der Waals surface area contributed by atoms with E-state index in [9.17, 15) is 0 Å². The van der Waals surface area contributed by atoms with Gasteiger partial charge in [0, 0.05) is 55.9 Å². The summed E-state index contributed by atoms with van der Waals surface area (Å²) in [4.78, 5) is 4.99. The predicted octanol–water partition coefficient (Wildman–Crippen LogP) is 2.72. The van der Waals surface area contributed by atoms with Crippen molar-refractivity contribution in [3.63, 3.8) is 0 Å². The van der Waals surface area contributed by atoms with E-state index in [4.69, 9.17) is 0 Å². The molecule has 3 nitrogen and oxygen atoms in total. The summed E-state index contributed by atoms with van der Waals surface area (Å²) in [5.41, 5.74) is 4.18. The Labute approximate surface area is 121 Å². The van der Waals surface area contributed by atoms with E-state index in [1.165, 1.54) is 48.3 Å². The van der Waals surface area contributed by atoms with Crippen molar-refractivity contribution in [2.24, 2.45) is 0 Å². The zero-order valence-corrected chi connectivity index (χ0v) is 12.9. The van der Waals surface area contributed by atoms with Crippen LogP contribution in [0.2, 0.25) is 0 Å². The summed E-state index contributed by atoms with van der Waals surface area (Å²) in [6.45, 7) is 11.3. The van der Waals surface area contributed by atoms with E-state index >= 15 is 0 Å². The van der Waals surface area contributed by atoms with Crippen molar-refractivity contribution in [3.05, 3.63) is 35.5 Å². The number of piperazine rings is 1. The number of benzene rings is 1. The molecule has 0 bridgehead atoms. The van der Waals surface area contributed by atoms with Gasteiger partial charge in [0.15, 0.2) is 0 Å². The van der Waals surface area contributed by atoms with Crippen LogP contribution in [-0.4, -0.2) is 47.6 Å². The average molecular weight is 271 g/mol. The topological polar surface area (TPSA) is 11.4 Å². The highest BCUT2D eigenvalue weighted by Gasteiger charge is 2.16. The highest BCUT2D eigenvalue weighted by atomic mass is 15.2. The first-order valence-electron chi connectivity index (χ1n) is 7.67. The molecule has 0 aliphatic carbocycles. The van der Waals surface area contributed by atoms with Crippen LogP contribution in [-0.2, 0) is 13.1 Å². The zero-order valence-electron chi connectivity index (χ0n) is 12.9. The van der Waals surface area contributed by atoms with Crippen LogP contribution in [0, 0.1) is 6.92 Å². The number of likely N-dealkylation sites (N-methyl/N-ethyl adjacent to an activating group) is 1. The molecule has 1 saturated heterocycles. The molecule has 3 rings (SSSR count). The second-order valence-corrected chi connectivity index (χ2v) is 6.02. The first kappa shape index (κ1) is 13.7. The van der Waals surface area contributed by atoms with E-state index in [1.807, 2.05) is 0 Å². The molecule has 108 valence electrons. The van der Waals surface area contributed by atoms with E-state index in [0.717, 1.165) is 13.1 Å². The molecule has 0 amide bonds. The Balaban J connectivity index is 1.87. The molecule has 3 heteroatoms. The number of rotatable bonds is 3. The van der Waals surface area contributed by atoms with Crippen LogP contribution in [0.15, 0.2) is 24.3 Å². The summed E-state index contributed by atoms with van der Waals surface area (Å²) in [5.74, 6) is 0. The Kier molecular flexibility index (Phi) is 3.81. The lowest BCUT2D eigenvalue weighted by atomic mass is 10.2. The van der Waals surface area contributed by atoms with Crippen molar-refractivity contribution < 1.29 is 0 Å². The molecule has 20 heavy (non-hydrogen) atoms. The van der Waals surface area contributed by atoms with Crippen molar-refractivity contribution in [3.8, 4) is 0 Å². The molecule has 0 saturated carbocycles. The summed E-state index contributed by atoms with van der Waals surface area (Å²) >= 11 is 0. The molecule has 1 aliphatic rings. The van der Waals surface area contributed by atoms with Crippen LogP contribution in [0.5, 0.6) is 0 Å². The molecule has 1 aromatic heterocycles. The van der Waals surface area contributed by atoms with Gasteiger partial charge in [-0.15, -0.1) is 0 Å². The first-order valence-corrected chi connectivity index (χ1v) is 7.67.